The van der Waals surface area contributed by atoms with Crippen LogP contribution in [-0.2, 0) is 6.54 Å². The van der Waals surface area contributed by atoms with Crippen molar-refractivity contribution in [1.82, 2.24) is 10.3 Å². The number of thioether (sulfide) groups is 1. The Morgan fingerprint density at radius 2 is 2.28 bits per heavy atom. The van der Waals surface area contributed by atoms with E-state index in [1.807, 2.05) is 18.0 Å². The monoisotopic (exact) mass is 260 g/mol. The van der Waals surface area contributed by atoms with E-state index < -0.39 is 0 Å². The van der Waals surface area contributed by atoms with Crippen molar-refractivity contribution in [3.05, 3.63) is 36.0 Å². The van der Waals surface area contributed by atoms with Crippen LogP contribution in [0.3, 0.4) is 0 Å². The molecule has 2 aromatic rings. The Bertz CT molecular complexity index is 520. The predicted octanol–water partition coefficient (Wildman–Crippen LogP) is 3.54. The molecular formula is C15H20N2S. The van der Waals surface area contributed by atoms with Crippen LogP contribution in [0.15, 0.2) is 30.5 Å². The molecule has 0 spiro atoms. The third kappa shape index (κ3) is 2.29. The highest BCUT2D eigenvalue weighted by atomic mass is 32.2. The van der Waals surface area contributed by atoms with Gasteiger partial charge >= 0.3 is 0 Å². The van der Waals surface area contributed by atoms with Crippen LogP contribution in [0, 0.1) is 0 Å². The molecule has 1 saturated carbocycles. The molecule has 3 rings (SSSR count). The molecular weight excluding hydrogens is 240 g/mol. The van der Waals surface area contributed by atoms with Crippen LogP contribution in [0.1, 0.15) is 24.8 Å². The van der Waals surface area contributed by atoms with Crippen LogP contribution < -0.4 is 5.32 Å². The van der Waals surface area contributed by atoms with Crippen molar-refractivity contribution >= 4 is 22.7 Å². The molecule has 1 aromatic carbocycles. The Morgan fingerprint density at radius 1 is 1.33 bits per heavy atom. The molecule has 1 fully saturated rings. The highest BCUT2D eigenvalue weighted by Crippen LogP contribution is 2.28. The lowest BCUT2D eigenvalue weighted by molar-refractivity contribution is 0.533. The molecule has 1 aromatic heterocycles. The number of H-pyrrole nitrogens is 1. The fraction of sp³-hybridized carbons (Fsp3) is 0.467. The molecule has 0 radical (unpaired) electrons. The topological polar surface area (TPSA) is 27.8 Å². The van der Waals surface area contributed by atoms with E-state index in [9.17, 15) is 0 Å². The van der Waals surface area contributed by atoms with Crippen LogP contribution in [0.5, 0.6) is 0 Å². The summed E-state index contributed by atoms with van der Waals surface area (Å²) in [4.78, 5) is 3.34. The fourth-order valence-electron chi connectivity index (χ4n) is 2.98. The first-order chi connectivity index (χ1) is 8.88. The van der Waals surface area contributed by atoms with E-state index in [0.29, 0.717) is 6.04 Å². The van der Waals surface area contributed by atoms with E-state index in [2.05, 4.69) is 40.8 Å². The summed E-state index contributed by atoms with van der Waals surface area (Å²) < 4.78 is 0. The van der Waals surface area contributed by atoms with Crippen LogP contribution in [0.2, 0.25) is 0 Å². The van der Waals surface area contributed by atoms with Gasteiger partial charge in [-0.25, -0.2) is 0 Å². The van der Waals surface area contributed by atoms with Crippen LogP contribution in [0.4, 0.5) is 0 Å². The second-order valence-corrected chi connectivity index (χ2v) is 6.13. The molecule has 2 N–H and O–H groups in total. The molecule has 0 saturated heterocycles. The number of para-hydroxylation sites is 1. The highest BCUT2D eigenvalue weighted by Gasteiger charge is 2.25. The number of aromatic nitrogens is 1. The average Bonchev–Trinajstić information content (AvgIpc) is 3.04. The molecule has 0 aliphatic heterocycles. The van der Waals surface area contributed by atoms with Crippen molar-refractivity contribution in [3.8, 4) is 0 Å². The maximum absolute atomic E-state index is 3.74. The van der Waals surface area contributed by atoms with Gasteiger partial charge in [-0.05, 0) is 36.1 Å². The largest absolute Gasteiger partial charge is 0.361 e. The SMILES string of the molecule is CSC1CCCC1NCc1cccc2cc[nH]c12. The van der Waals surface area contributed by atoms with Crippen LogP contribution >= 0.6 is 11.8 Å². The summed E-state index contributed by atoms with van der Waals surface area (Å²) >= 11 is 2.01. The predicted molar refractivity (Wildman–Crippen MR) is 80.1 cm³/mol. The van der Waals surface area contributed by atoms with E-state index in [4.69, 9.17) is 0 Å². The second-order valence-electron chi connectivity index (χ2n) is 5.05. The molecule has 1 aliphatic carbocycles. The maximum atomic E-state index is 3.74. The Labute approximate surface area is 113 Å². The van der Waals surface area contributed by atoms with Gasteiger partial charge in [0.2, 0.25) is 0 Å². The van der Waals surface area contributed by atoms with Crippen molar-refractivity contribution in [2.24, 2.45) is 0 Å². The summed E-state index contributed by atoms with van der Waals surface area (Å²) in [5.74, 6) is 0. The highest BCUT2D eigenvalue weighted by molar-refractivity contribution is 7.99. The van der Waals surface area contributed by atoms with E-state index in [0.717, 1.165) is 11.8 Å². The Hall–Kier alpha value is -0.930. The van der Waals surface area contributed by atoms with Gasteiger partial charge < -0.3 is 10.3 Å². The second kappa shape index (κ2) is 5.37. The number of aromatic amines is 1. The lowest BCUT2D eigenvalue weighted by atomic mass is 10.1. The Balaban J connectivity index is 1.71. The van der Waals surface area contributed by atoms with Crippen molar-refractivity contribution in [2.45, 2.75) is 37.1 Å². The molecule has 2 unspecified atom stereocenters. The van der Waals surface area contributed by atoms with Crippen LogP contribution in [-0.4, -0.2) is 22.5 Å². The quantitative estimate of drug-likeness (QED) is 0.880. The molecule has 2 atom stereocenters. The van der Waals surface area contributed by atoms with Gasteiger partial charge in [-0.1, -0.05) is 24.6 Å². The zero-order chi connectivity index (χ0) is 12.4. The first-order valence-electron chi connectivity index (χ1n) is 6.69. The normalized spacial score (nSPS) is 23.8. The number of hydrogen-bond acceptors (Lipinski definition) is 2. The minimum absolute atomic E-state index is 0.685. The minimum atomic E-state index is 0.685. The van der Waals surface area contributed by atoms with E-state index >= 15 is 0 Å². The number of fused-ring (bicyclic) bond motifs is 1. The number of nitrogens with one attached hydrogen (secondary N) is 2. The molecule has 1 heterocycles. The number of hydrogen-bond donors (Lipinski definition) is 2. The van der Waals surface area contributed by atoms with Crippen molar-refractivity contribution in [2.75, 3.05) is 6.26 Å². The molecule has 0 amide bonds. The van der Waals surface area contributed by atoms with Gasteiger partial charge in [0.1, 0.15) is 0 Å². The summed E-state index contributed by atoms with van der Waals surface area (Å²) in [6.45, 7) is 0.972. The lowest BCUT2D eigenvalue weighted by Gasteiger charge is -2.19. The lowest BCUT2D eigenvalue weighted by Crippen LogP contribution is -2.33. The summed E-state index contributed by atoms with van der Waals surface area (Å²) in [5, 5.41) is 5.85. The van der Waals surface area contributed by atoms with Gasteiger partial charge in [0.15, 0.2) is 0 Å². The van der Waals surface area contributed by atoms with Gasteiger partial charge in [0, 0.05) is 29.6 Å². The van der Waals surface area contributed by atoms with E-state index in [-0.39, 0.29) is 0 Å². The van der Waals surface area contributed by atoms with Crippen LogP contribution in [0.25, 0.3) is 10.9 Å². The smallest absolute Gasteiger partial charge is 0.0499 e. The molecule has 2 nitrogen and oxygen atoms in total. The van der Waals surface area contributed by atoms with Gasteiger partial charge in [-0.3, -0.25) is 0 Å². The van der Waals surface area contributed by atoms with Gasteiger partial charge in [0.05, 0.1) is 0 Å². The molecule has 3 heteroatoms. The number of rotatable bonds is 4. The average molecular weight is 260 g/mol. The van der Waals surface area contributed by atoms with Gasteiger partial charge in [0.25, 0.3) is 0 Å². The first-order valence-corrected chi connectivity index (χ1v) is 7.98. The zero-order valence-corrected chi connectivity index (χ0v) is 11.6. The van der Waals surface area contributed by atoms with Crippen molar-refractivity contribution < 1.29 is 0 Å². The summed E-state index contributed by atoms with van der Waals surface area (Å²) in [6, 6.07) is 9.35. The molecule has 0 bridgehead atoms. The van der Waals surface area contributed by atoms with Gasteiger partial charge in [-0.2, -0.15) is 11.8 Å². The van der Waals surface area contributed by atoms with Crippen molar-refractivity contribution in [1.29, 1.82) is 0 Å². The maximum Gasteiger partial charge on any atom is 0.0499 e. The Kier molecular flexibility index (Phi) is 3.62. The third-order valence-corrected chi connectivity index (χ3v) is 5.15. The first kappa shape index (κ1) is 12.1. The fourth-order valence-corrected chi connectivity index (χ4v) is 3.94. The Morgan fingerprint density at radius 3 is 3.17 bits per heavy atom. The van der Waals surface area contributed by atoms with Crippen molar-refractivity contribution in [3.63, 3.8) is 0 Å². The number of benzene rings is 1. The summed E-state index contributed by atoms with van der Waals surface area (Å²) in [7, 11) is 0. The minimum Gasteiger partial charge on any atom is -0.361 e. The zero-order valence-electron chi connectivity index (χ0n) is 10.8. The standard InChI is InChI=1S/C15H20N2S/c1-18-14-7-3-6-13(14)17-10-12-5-2-4-11-8-9-16-15(11)12/h2,4-5,8-9,13-14,16-17H,3,6-7,10H2,1H3. The van der Waals surface area contributed by atoms with E-state index in [1.165, 1.54) is 35.7 Å². The molecule has 96 valence electrons. The van der Waals surface area contributed by atoms with E-state index in [1.54, 1.807) is 0 Å². The van der Waals surface area contributed by atoms with Gasteiger partial charge in [-0.15, -0.1) is 0 Å². The molecule has 18 heavy (non-hydrogen) atoms. The summed E-state index contributed by atoms with van der Waals surface area (Å²) in [6.07, 6.45) is 8.32. The summed E-state index contributed by atoms with van der Waals surface area (Å²) in [5.41, 5.74) is 2.66. The third-order valence-electron chi connectivity index (χ3n) is 3.98. The molecule has 1 aliphatic rings.